The van der Waals surface area contributed by atoms with Crippen LogP contribution in [0.3, 0.4) is 0 Å². The number of ether oxygens (including phenoxy) is 1. The number of aliphatic hydroxyl groups excluding tert-OH is 1. The number of piperidine rings is 1. The van der Waals surface area contributed by atoms with Crippen LogP contribution in [0.15, 0.2) is 24.3 Å². The van der Waals surface area contributed by atoms with Crippen LogP contribution in [-0.4, -0.2) is 55.4 Å². The van der Waals surface area contributed by atoms with Gasteiger partial charge in [0.25, 0.3) is 0 Å². The largest absolute Gasteiger partial charge is 0.497 e. The Kier molecular flexibility index (Phi) is 7.34. The van der Waals surface area contributed by atoms with Gasteiger partial charge in [-0.2, -0.15) is 0 Å². The number of hydrogen-bond acceptors (Lipinski definition) is 4. The van der Waals surface area contributed by atoms with Crippen molar-refractivity contribution < 1.29 is 9.84 Å². The first-order valence-electron chi connectivity index (χ1n) is 8.83. The van der Waals surface area contributed by atoms with E-state index < -0.39 is 0 Å². The molecule has 0 spiro atoms. The zero-order valence-electron chi connectivity index (χ0n) is 14.8. The Bertz CT molecular complexity index is 441. The first kappa shape index (κ1) is 18.2. The van der Waals surface area contributed by atoms with Crippen molar-refractivity contribution in [3.8, 4) is 5.75 Å². The highest BCUT2D eigenvalue weighted by Gasteiger charge is 2.18. The van der Waals surface area contributed by atoms with Crippen molar-refractivity contribution in [2.24, 2.45) is 5.92 Å². The van der Waals surface area contributed by atoms with Gasteiger partial charge in [-0.3, -0.25) is 0 Å². The Balaban J connectivity index is 1.65. The monoisotopic (exact) mass is 320 g/mol. The van der Waals surface area contributed by atoms with E-state index in [1.165, 1.54) is 18.4 Å². The van der Waals surface area contributed by atoms with Crippen molar-refractivity contribution in [1.29, 1.82) is 0 Å². The zero-order chi connectivity index (χ0) is 16.7. The van der Waals surface area contributed by atoms with Gasteiger partial charge >= 0.3 is 0 Å². The molecular formula is C19H32N2O2. The summed E-state index contributed by atoms with van der Waals surface area (Å²) in [5.74, 6) is 1.73. The fourth-order valence-corrected chi connectivity index (χ4v) is 3.13. The molecule has 2 atom stereocenters. The maximum atomic E-state index is 10.2. The molecule has 2 rings (SSSR count). The smallest absolute Gasteiger partial charge is 0.118 e. The number of aliphatic hydroxyl groups is 1. The fraction of sp³-hybridized carbons (Fsp3) is 0.684. The van der Waals surface area contributed by atoms with Gasteiger partial charge in [0.1, 0.15) is 5.75 Å². The quantitative estimate of drug-likeness (QED) is 0.771. The molecule has 4 heteroatoms. The van der Waals surface area contributed by atoms with Gasteiger partial charge in [-0.05, 0) is 62.9 Å². The molecule has 1 fully saturated rings. The molecule has 23 heavy (non-hydrogen) atoms. The summed E-state index contributed by atoms with van der Waals surface area (Å²) in [6.45, 7) is 8.17. The SMILES string of the molecule is COc1ccc(CC(C)NCC(O)CN2CCC(C)CC2)cc1. The lowest BCUT2D eigenvalue weighted by Gasteiger charge is -2.32. The van der Waals surface area contributed by atoms with Gasteiger partial charge < -0.3 is 20.1 Å². The van der Waals surface area contributed by atoms with Crippen molar-refractivity contribution in [2.75, 3.05) is 33.3 Å². The minimum atomic E-state index is -0.290. The minimum absolute atomic E-state index is 0.290. The molecule has 1 saturated heterocycles. The maximum absolute atomic E-state index is 10.2. The summed E-state index contributed by atoms with van der Waals surface area (Å²) < 4.78 is 5.18. The fourth-order valence-electron chi connectivity index (χ4n) is 3.13. The summed E-state index contributed by atoms with van der Waals surface area (Å²) in [5.41, 5.74) is 1.28. The van der Waals surface area contributed by atoms with Crippen LogP contribution in [0.4, 0.5) is 0 Å². The third kappa shape index (κ3) is 6.50. The number of nitrogens with one attached hydrogen (secondary N) is 1. The number of β-amino-alcohol motifs (C(OH)–C–C–N with tert-alkyl or cyclic N) is 1. The summed E-state index contributed by atoms with van der Waals surface area (Å²) in [6.07, 6.45) is 3.18. The topological polar surface area (TPSA) is 44.7 Å². The van der Waals surface area contributed by atoms with Crippen LogP contribution in [0, 0.1) is 5.92 Å². The standard InChI is InChI=1S/C19H32N2O2/c1-15-8-10-21(11-9-15)14-18(22)13-20-16(2)12-17-4-6-19(23-3)7-5-17/h4-7,15-16,18,20,22H,8-14H2,1-3H3. The van der Waals surface area contributed by atoms with Crippen molar-refractivity contribution in [1.82, 2.24) is 10.2 Å². The van der Waals surface area contributed by atoms with Gasteiger partial charge in [-0.15, -0.1) is 0 Å². The summed E-state index contributed by atoms with van der Waals surface area (Å²) in [4.78, 5) is 2.39. The average Bonchev–Trinajstić information content (AvgIpc) is 2.56. The second kappa shape index (κ2) is 9.26. The number of hydrogen-bond donors (Lipinski definition) is 2. The summed E-state index contributed by atoms with van der Waals surface area (Å²) >= 11 is 0. The summed E-state index contributed by atoms with van der Waals surface area (Å²) in [6, 6.07) is 8.53. The molecule has 1 heterocycles. The Morgan fingerprint density at radius 3 is 2.52 bits per heavy atom. The van der Waals surface area contributed by atoms with E-state index in [0.29, 0.717) is 12.6 Å². The first-order chi connectivity index (χ1) is 11.1. The number of likely N-dealkylation sites (tertiary alicyclic amines) is 1. The average molecular weight is 320 g/mol. The second-order valence-corrected chi connectivity index (χ2v) is 7.00. The lowest BCUT2D eigenvalue weighted by Crippen LogP contribution is -2.43. The highest BCUT2D eigenvalue weighted by atomic mass is 16.5. The molecule has 0 aromatic heterocycles. The molecule has 4 nitrogen and oxygen atoms in total. The Labute approximate surface area is 140 Å². The van der Waals surface area contributed by atoms with E-state index in [2.05, 4.69) is 36.2 Å². The molecule has 0 radical (unpaired) electrons. The molecule has 1 aliphatic heterocycles. The van der Waals surface area contributed by atoms with Gasteiger partial charge in [-0.1, -0.05) is 19.1 Å². The third-order valence-corrected chi connectivity index (χ3v) is 4.75. The van der Waals surface area contributed by atoms with Gasteiger partial charge in [0.2, 0.25) is 0 Å². The molecule has 0 bridgehead atoms. The number of methoxy groups -OCH3 is 1. The highest BCUT2D eigenvalue weighted by Crippen LogP contribution is 2.16. The van der Waals surface area contributed by atoms with Crippen LogP contribution in [-0.2, 0) is 6.42 Å². The molecule has 1 aliphatic rings. The van der Waals surface area contributed by atoms with Gasteiger partial charge in [-0.25, -0.2) is 0 Å². The van der Waals surface area contributed by atoms with Crippen molar-refractivity contribution in [2.45, 2.75) is 45.3 Å². The first-order valence-corrected chi connectivity index (χ1v) is 8.83. The third-order valence-electron chi connectivity index (χ3n) is 4.75. The Morgan fingerprint density at radius 2 is 1.91 bits per heavy atom. The maximum Gasteiger partial charge on any atom is 0.118 e. The van der Waals surface area contributed by atoms with Crippen molar-refractivity contribution in [3.05, 3.63) is 29.8 Å². The van der Waals surface area contributed by atoms with Crippen molar-refractivity contribution in [3.63, 3.8) is 0 Å². The molecule has 2 unspecified atom stereocenters. The van der Waals surface area contributed by atoms with E-state index in [1.807, 2.05) is 12.1 Å². The Hall–Kier alpha value is -1.10. The zero-order valence-corrected chi connectivity index (χ0v) is 14.8. The van der Waals surface area contributed by atoms with Crippen LogP contribution in [0.25, 0.3) is 0 Å². The molecule has 0 saturated carbocycles. The molecular weight excluding hydrogens is 288 g/mol. The predicted molar refractivity (Wildman–Crippen MR) is 95.0 cm³/mol. The Morgan fingerprint density at radius 1 is 1.26 bits per heavy atom. The van der Waals surface area contributed by atoms with Crippen LogP contribution in [0.5, 0.6) is 5.75 Å². The van der Waals surface area contributed by atoms with E-state index in [9.17, 15) is 5.11 Å². The van der Waals surface area contributed by atoms with E-state index >= 15 is 0 Å². The molecule has 0 aliphatic carbocycles. The normalized spacial score (nSPS) is 19.5. The van der Waals surface area contributed by atoms with E-state index in [1.54, 1.807) is 7.11 Å². The predicted octanol–water partition coefficient (Wildman–Crippen LogP) is 2.31. The lowest BCUT2D eigenvalue weighted by atomic mass is 9.99. The van der Waals surface area contributed by atoms with Crippen LogP contribution in [0.1, 0.15) is 32.3 Å². The van der Waals surface area contributed by atoms with Gasteiger partial charge in [0, 0.05) is 19.1 Å². The van der Waals surface area contributed by atoms with E-state index in [0.717, 1.165) is 37.7 Å². The number of nitrogens with zero attached hydrogens (tertiary/aromatic N) is 1. The highest BCUT2D eigenvalue weighted by molar-refractivity contribution is 5.27. The van der Waals surface area contributed by atoms with Gasteiger partial charge in [0.15, 0.2) is 0 Å². The number of rotatable bonds is 8. The van der Waals surface area contributed by atoms with Crippen LogP contribution >= 0.6 is 0 Å². The van der Waals surface area contributed by atoms with E-state index in [-0.39, 0.29) is 6.10 Å². The van der Waals surface area contributed by atoms with Crippen LogP contribution < -0.4 is 10.1 Å². The van der Waals surface area contributed by atoms with Crippen molar-refractivity contribution >= 4 is 0 Å². The molecule has 1 aromatic rings. The molecule has 2 N–H and O–H groups in total. The minimum Gasteiger partial charge on any atom is -0.497 e. The van der Waals surface area contributed by atoms with E-state index in [4.69, 9.17) is 4.74 Å². The summed E-state index contributed by atoms with van der Waals surface area (Å²) in [7, 11) is 1.68. The molecule has 1 aromatic carbocycles. The second-order valence-electron chi connectivity index (χ2n) is 7.00. The number of benzene rings is 1. The molecule has 130 valence electrons. The molecule has 0 amide bonds. The lowest BCUT2D eigenvalue weighted by molar-refractivity contribution is 0.0892. The summed E-state index contributed by atoms with van der Waals surface area (Å²) in [5, 5.41) is 13.7. The van der Waals surface area contributed by atoms with Gasteiger partial charge in [0.05, 0.1) is 13.2 Å². The van der Waals surface area contributed by atoms with Crippen LogP contribution in [0.2, 0.25) is 0 Å².